The third-order valence-electron chi connectivity index (χ3n) is 2.87. The molecule has 0 heterocycles. The van der Waals surface area contributed by atoms with Gasteiger partial charge in [0, 0.05) is 17.7 Å². The highest BCUT2D eigenvalue weighted by Crippen LogP contribution is 2.30. The van der Waals surface area contributed by atoms with Crippen molar-refractivity contribution in [2.75, 3.05) is 14.2 Å². The standard InChI is InChI=1S/C14H20INO3/c1-9(2)12(19-14(17)16-3)13(18-4)10-7-5-6-8-11(10)15/h5-9,12-13H,1-4H3,(H,16,17)/t12-,13-/m0/s1. The molecule has 1 N–H and O–H groups in total. The summed E-state index contributed by atoms with van der Waals surface area (Å²) in [6, 6.07) is 7.94. The second-order valence-corrected chi connectivity index (χ2v) is 5.70. The lowest BCUT2D eigenvalue weighted by molar-refractivity contribution is -0.0448. The van der Waals surface area contributed by atoms with E-state index in [4.69, 9.17) is 9.47 Å². The summed E-state index contributed by atoms with van der Waals surface area (Å²) in [5, 5.41) is 2.48. The molecule has 19 heavy (non-hydrogen) atoms. The highest BCUT2D eigenvalue weighted by molar-refractivity contribution is 14.1. The maximum absolute atomic E-state index is 11.5. The molecule has 0 bridgehead atoms. The van der Waals surface area contributed by atoms with E-state index in [2.05, 4.69) is 27.9 Å². The Balaban J connectivity index is 3.03. The van der Waals surface area contributed by atoms with Crippen LogP contribution in [0.15, 0.2) is 24.3 Å². The van der Waals surface area contributed by atoms with Crippen LogP contribution < -0.4 is 5.32 Å². The minimum absolute atomic E-state index is 0.151. The third kappa shape index (κ3) is 4.35. The molecule has 0 radical (unpaired) electrons. The number of carbonyl (C=O) groups is 1. The molecule has 4 nitrogen and oxygen atoms in total. The number of amides is 1. The Hall–Kier alpha value is -0.820. The van der Waals surface area contributed by atoms with Gasteiger partial charge in [-0.05, 0) is 40.1 Å². The Kier molecular flexibility index (Phi) is 6.57. The van der Waals surface area contributed by atoms with Gasteiger partial charge in [0.05, 0.1) is 0 Å². The Morgan fingerprint density at radius 2 is 1.95 bits per heavy atom. The first-order chi connectivity index (χ1) is 9.01. The van der Waals surface area contributed by atoms with Crippen molar-refractivity contribution in [3.05, 3.63) is 33.4 Å². The van der Waals surface area contributed by atoms with Gasteiger partial charge in [-0.2, -0.15) is 0 Å². The Bertz CT molecular complexity index is 423. The van der Waals surface area contributed by atoms with E-state index in [1.165, 1.54) is 0 Å². The predicted octanol–water partition coefficient (Wildman–Crippen LogP) is 3.36. The number of benzene rings is 1. The fraction of sp³-hybridized carbons (Fsp3) is 0.500. The molecule has 0 fully saturated rings. The van der Waals surface area contributed by atoms with Crippen molar-refractivity contribution in [3.8, 4) is 0 Å². The van der Waals surface area contributed by atoms with Crippen LogP contribution in [-0.2, 0) is 9.47 Å². The van der Waals surface area contributed by atoms with Gasteiger partial charge in [0.25, 0.3) is 0 Å². The van der Waals surface area contributed by atoms with Crippen LogP contribution in [0.5, 0.6) is 0 Å². The summed E-state index contributed by atoms with van der Waals surface area (Å²) in [7, 11) is 3.18. The Labute approximate surface area is 128 Å². The summed E-state index contributed by atoms with van der Waals surface area (Å²) >= 11 is 2.26. The van der Waals surface area contributed by atoms with Crippen molar-refractivity contribution in [2.24, 2.45) is 5.92 Å². The van der Waals surface area contributed by atoms with Gasteiger partial charge < -0.3 is 14.8 Å². The van der Waals surface area contributed by atoms with Gasteiger partial charge in [-0.3, -0.25) is 0 Å². The van der Waals surface area contributed by atoms with Crippen LogP contribution in [0.2, 0.25) is 0 Å². The smallest absolute Gasteiger partial charge is 0.407 e. The quantitative estimate of drug-likeness (QED) is 0.801. The number of rotatable bonds is 5. The van der Waals surface area contributed by atoms with Crippen molar-refractivity contribution in [1.82, 2.24) is 5.32 Å². The largest absolute Gasteiger partial charge is 0.443 e. The zero-order valence-corrected chi connectivity index (χ0v) is 13.8. The minimum Gasteiger partial charge on any atom is -0.443 e. The molecule has 106 valence electrons. The molecule has 0 spiro atoms. The van der Waals surface area contributed by atoms with E-state index in [-0.39, 0.29) is 18.1 Å². The van der Waals surface area contributed by atoms with Crippen molar-refractivity contribution in [1.29, 1.82) is 0 Å². The van der Waals surface area contributed by atoms with E-state index in [0.717, 1.165) is 9.13 Å². The summed E-state index contributed by atoms with van der Waals surface area (Å²) < 4.78 is 12.1. The summed E-state index contributed by atoms with van der Waals surface area (Å²) in [6.45, 7) is 4.02. The highest BCUT2D eigenvalue weighted by atomic mass is 127. The van der Waals surface area contributed by atoms with Crippen molar-refractivity contribution in [3.63, 3.8) is 0 Å². The predicted molar refractivity (Wildman–Crippen MR) is 83.1 cm³/mol. The second kappa shape index (κ2) is 7.69. The first kappa shape index (κ1) is 16.2. The van der Waals surface area contributed by atoms with E-state index in [1.807, 2.05) is 38.1 Å². The maximum atomic E-state index is 11.5. The number of carbonyl (C=O) groups excluding carboxylic acids is 1. The van der Waals surface area contributed by atoms with Crippen molar-refractivity contribution >= 4 is 28.7 Å². The number of ether oxygens (including phenoxy) is 2. The molecule has 1 amide bonds. The first-order valence-corrected chi connectivity index (χ1v) is 7.24. The SMILES string of the molecule is CNC(=O)O[C@@H](C(C)C)[C@@H](OC)c1ccccc1I. The van der Waals surface area contributed by atoms with Crippen LogP contribution in [0, 0.1) is 9.49 Å². The number of alkyl carbamates (subject to hydrolysis) is 1. The lowest BCUT2D eigenvalue weighted by Gasteiger charge is -2.29. The number of halogens is 1. The van der Waals surface area contributed by atoms with E-state index < -0.39 is 6.09 Å². The zero-order valence-electron chi connectivity index (χ0n) is 11.6. The van der Waals surface area contributed by atoms with Gasteiger partial charge in [-0.25, -0.2) is 4.79 Å². The molecule has 1 aromatic carbocycles. The molecular weight excluding hydrogens is 357 g/mol. The van der Waals surface area contributed by atoms with Crippen molar-refractivity contribution in [2.45, 2.75) is 26.1 Å². The van der Waals surface area contributed by atoms with E-state index in [9.17, 15) is 4.79 Å². The maximum Gasteiger partial charge on any atom is 0.407 e. The Morgan fingerprint density at radius 3 is 2.42 bits per heavy atom. The molecular formula is C14H20INO3. The molecule has 1 aromatic rings. The molecule has 0 saturated heterocycles. The summed E-state index contributed by atoms with van der Waals surface area (Å²) in [6.07, 6.45) is -1.04. The molecule has 1 rings (SSSR count). The van der Waals surface area contributed by atoms with Gasteiger partial charge in [0.15, 0.2) is 0 Å². The summed E-state index contributed by atoms with van der Waals surface area (Å²) in [5.41, 5.74) is 1.04. The van der Waals surface area contributed by atoms with Crippen LogP contribution in [0.4, 0.5) is 4.79 Å². The van der Waals surface area contributed by atoms with Gasteiger partial charge in [-0.15, -0.1) is 0 Å². The van der Waals surface area contributed by atoms with Gasteiger partial charge >= 0.3 is 6.09 Å². The summed E-state index contributed by atoms with van der Waals surface area (Å²) in [5.74, 6) is 0.151. The average molecular weight is 377 g/mol. The van der Waals surface area contributed by atoms with E-state index in [0.29, 0.717) is 0 Å². The number of methoxy groups -OCH3 is 1. The van der Waals surface area contributed by atoms with Crippen molar-refractivity contribution < 1.29 is 14.3 Å². The van der Waals surface area contributed by atoms with E-state index in [1.54, 1.807) is 14.2 Å². The lowest BCUT2D eigenvalue weighted by atomic mass is 9.96. The molecule has 5 heteroatoms. The van der Waals surface area contributed by atoms with E-state index >= 15 is 0 Å². The summed E-state index contributed by atoms with van der Waals surface area (Å²) in [4.78, 5) is 11.5. The normalized spacial score (nSPS) is 14.0. The average Bonchev–Trinajstić information content (AvgIpc) is 2.39. The fourth-order valence-electron chi connectivity index (χ4n) is 1.87. The first-order valence-electron chi connectivity index (χ1n) is 6.16. The van der Waals surface area contributed by atoms with Crippen LogP contribution in [0.25, 0.3) is 0 Å². The minimum atomic E-state index is -0.438. The van der Waals surface area contributed by atoms with Crippen LogP contribution in [0.1, 0.15) is 25.5 Å². The zero-order chi connectivity index (χ0) is 14.4. The van der Waals surface area contributed by atoms with Gasteiger partial charge in [-0.1, -0.05) is 32.0 Å². The number of hydrogen-bond acceptors (Lipinski definition) is 3. The van der Waals surface area contributed by atoms with Crippen LogP contribution >= 0.6 is 22.6 Å². The number of hydrogen-bond donors (Lipinski definition) is 1. The second-order valence-electron chi connectivity index (χ2n) is 4.54. The third-order valence-corrected chi connectivity index (χ3v) is 3.85. The highest BCUT2D eigenvalue weighted by Gasteiger charge is 2.30. The molecule has 0 unspecified atom stereocenters. The monoisotopic (exact) mass is 377 g/mol. The Morgan fingerprint density at radius 1 is 1.32 bits per heavy atom. The number of nitrogens with one attached hydrogen (secondary N) is 1. The van der Waals surface area contributed by atoms with Gasteiger partial charge in [0.1, 0.15) is 12.2 Å². The van der Waals surface area contributed by atoms with Crippen LogP contribution in [0.3, 0.4) is 0 Å². The molecule has 2 atom stereocenters. The molecule has 0 aliphatic carbocycles. The fourth-order valence-corrected chi connectivity index (χ4v) is 2.57. The van der Waals surface area contributed by atoms with Gasteiger partial charge in [0.2, 0.25) is 0 Å². The topological polar surface area (TPSA) is 47.6 Å². The molecule has 0 saturated carbocycles. The molecule has 0 aromatic heterocycles. The van der Waals surface area contributed by atoms with Crippen LogP contribution in [-0.4, -0.2) is 26.4 Å². The molecule has 0 aliphatic heterocycles. The lowest BCUT2D eigenvalue weighted by Crippen LogP contribution is -2.35. The molecule has 0 aliphatic rings.